The Labute approximate surface area is 72.3 Å². The zero-order chi connectivity index (χ0) is 9.56. The van der Waals surface area contributed by atoms with Gasteiger partial charge in [-0.25, -0.2) is 4.79 Å². The Kier molecular flexibility index (Phi) is 4.53. The van der Waals surface area contributed by atoms with E-state index in [1.165, 1.54) is 0 Å². The molecule has 0 aliphatic heterocycles. The van der Waals surface area contributed by atoms with Gasteiger partial charge in [0.2, 0.25) is 0 Å². The van der Waals surface area contributed by atoms with Crippen LogP contribution in [0.15, 0.2) is 37.6 Å². The molecule has 0 saturated carbocycles. The minimum atomic E-state index is -1.02. The van der Waals surface area contributed by atoms with Gasteiger partial charge in [-0.2, -0.15) is 0 Å². The molecule has 0 unspecified atom stereocenters. The molecule has 0 saturated heterocycles. The Morgan fingerprint density at radius 3 is 2.00 bits per heavy atom. The third kappa shape index (κ3) is 3.05. The van der Waals surface area contributed by atoms with Crippen molar-refractivity contribution in [1.29, 1.82) is 0 Å². The SMILES string of the molecule is C=CCN(CC=C)C(=C)C(=O)O. The summed E-state index contributed by atoms with van der Waals surface area (Å²) in [7, 11) is 0. The first kappa shape index (κ1) is 10.5. The van der Waals surface area contributed by atoms with Crippen molar-refractivity contribution in [1.82, 2.24) is 4.90 Å². The van der Waals surface area contributed by atoms with E-state index >= 15 is 0 Å². The molecule has 0 spiro atoms. The largest absolute Gasteiger partial charge is 0.477 e. The Hall–Kier alpha value is -1.51. The van der Waals surface area contributed by atoms with Gasteiger partial charge in [-0.3, -0.25) is 0 Å². The van der Waals surface area contributed by atoms with Crippen LogP contribution in [0.3, 0.4) is 0 Å². The van der Waals surface area contributed by atoms with E-state index in [4.69, 9.17) is 5.11 Å². The first-order valence-corrected chi connectivity index (χ1v) is 3.52. The molecule has 0 aliphatic carbocycles. The minimum absolute atomic E-state index is 0.0646. The smallest absolute Gasteiger partial charge is 0.351 e. The maximum Gasteiger partial charge on any atom is 0.351 e. The maximum absolute atomic E-state index is 10.5. The Bertz CT molecular complexity index is 199. The van der Waals surface area contributed by atoms with E-state index in [1.807, 2.05) is 0 Å². The van der Waals surface area contributed by atoms with Crippen molar-refractivity contribution in [3.8, 4) is 0 Å². The van der Waals surface area contributed by atoms with Crippen molar-refractivity contribution < 1.29 is 9.90 Å². The van der Waals surface area contributed by atoms with E-state index in [1.54, 1.807) is 17.1 Å². The molecule has 0 fully saturated rings. The molecule has 1 N–H and O–H groups in total. The standard InChI is InChI=1S/C9H13NO2/c1-4-6-10(7-5-2)8(3)9(11)12/h4-5H,1-3,6-7H2,(H,11,12). The van der Waals surface area contributed by atoms with Crippen molar-refractivity contribution in [2.45, 2.75) is 0 Å². The summed E-state index contributed by atoms with van der Waals surface area (Å²) in [5.74, 6) is -1.02. The molecule has 0 aromatic rings. The zero-order valence-electron chi connectivity index (χ0n) is 6.99. The van der Waals surface area contributed by atoms with Gasteiger partial charge in [-0.15, -0.1) is 13.2 Å². The predicted octanol–water partition coefficient (Wildman–Crippen LogP) is 1.26. The molecular weight excluding hydrogens is 154 g/mol. The summed E-state index contributed by atoms with van der Waals surface area (Å²) in [5.41, 5.74) is 0.0646. The molecule has 12 heavy (non-hydrogen) atoms. The fourth-order valence-corrected chi connectivity index (χ4v) is 0.742. The average Bonchev–Trinajstić information content (AvgIpc) is 2.03. The van der Waals surface area contributed by atoms with E-state index in [-0.39, 0.29) is 5.70 Å². The molecular formula is C9H13NO2. The summed E-state index contributed by atoms with van der Waals surface area (Å²) in [6, 6.07) is 0. The Morgan fingerprint density at radius 2 is 1.75 bits per heavy atom. The topological polar surface area (TPSA) is 40.5 Å². The predicted molar refractivity (Wildman–Crippen MR) is 48.7 cm³/mol. The van der Waals surface area contributed by atoms with E-state index < -0.39 is 5.97 Å². The number of hydrogen-bond donors (Lipinski definition) is 1. The summed E-state index contributed by atoms with van der Waals surface area (Å²) in [5, 5.41) is 8.60. The zero-order valence-corrected chi connectivity index (χ0v) is 6.99. The van der Waals surface area contributed by atoms with Gasteiger partial charge >= 0.3 is 5.97 Å². The first-order chi connectivity index (χ1) is 5.63. The number of aliphatic carboxylic acids is 1. The third-order valence-corrected chi connectivity index (χ3v) is 1.33. The lowest BCUT2D eigenvalue weighted by molar-refractivity contribution is -0.134. The maximum atomic E-state index is 10.5. The minimum Gasteiger partial charge on any atom is -0.477 e. The molecule has 0 amide bonds. The van der Waals surface area contributed by atoms with E-state index in [0.29, 0.717) is 13.1 Å². The van der Waals surface area contributed by atoms with Crippen molar-refractivity contribution >= 4 is 5.97 Å². The molecule has 3 heteroatoms. The molecule has 0 radical (unpaired) electrons. The van der Waals surface area contributed by atoms with Gasteiger partial charge in [0.25, 0.3) is 0 Å². The fourth-order valence-electron chi connectivity index (χ4n) is 0.742. The van der Waals surface area contributed by atoms with Gasteiger partial charge in [-0.05, 0) is 0 Å². The molecule has 66 valence electrons. The highest BCUT2D eigenvalue weighted by atomic mass is 16.4. The highest BCUT2D eigenvalue weighted by molar-refractivity contribution is 5.85. The lowest BCUT2D eigenvalue weighted by Gasteiger charge is -2.20. The van der Waals surface area contributed by atoms with Crippen LogP contribution in [0.25, 0.3) is 0 Å². The molecule has 0 rings (SSSR count). The lowest BCUT2D eigenvalue weighted by Crippen LogP contribution is -2.27. The van der Waals surface area contributed by atoms with Crippen molar-refractivity contribution in [3.63, 3.8) is 0 Å². The van der Waals surface area contributed by atoms with Crippen LogP contribution < -0.4 is 0 Å². The molecule has 0 atom stereocenters. The molecule has 0 aliphatic rings. The normalized spacial score (nSPS) is 8.67. The second kappa shape index (κ2) is 5.18. The summed E-state index contributed by atoms with van der Waals surface area (Å²) >= 11 is 0. The van der Waals surface area contributed by atoms with Crippen LogP contribution >= 0.6 is 0 Å². The van der Waals surface area contributed by atoms with Gasteiger partial charge < -0.3 is 10.0 Å². The molecule has 0 heterocycles. The number of rotatable bonds is 6. The summed E-state index contributed by atoms with van der Waals surface area (Å²) in [4.78, 5) is 12.1. The van der Waals surface area contributed by atoms with Gasteiger partial charge in [-0.1, -0.05) is 18.7 Å². The summed E-state index contributed by atoms with van der Waals surface area (Å²) in [6.07, 6.45) is 3.25. The van der Waals surface area contributed by atoms with Crippen molar-refractivity contribution in [2.24, 2.45) is 0 Å². The van der Waals surface area contributed by atoms with Gasteiger partial charge in [0.15, 0.2) is 0 Å². The van der Waals surface area contributed by atoms with Crippen LogP contribution in [-0.4, -0.2) is 29.1 Å². The number of nitrogens with zero attached hydrogens (tertiary/aromatic N) is 1. The highest BCUT2D eigenvalue weighted by Crippen LogP contribution is 2.01. The summed E-state index contributed by atoms with van der Waals surface area (Å²) < 4.78 is 0. The number of carboxylic acids is 1. The van der Waals surface area contributed by atoms with Crippen LogP contribution in [0.1, 0.15) is 0 Å². The van der Waals surface area contributed by atoms with E-state index in [0.717, 1.165) is 0 Å². The van der Waals surface area contributed by atoms with Crippen molar-refractivity contribution in [2.75, 3.05) is 13.1 Å². The summed E-state index contributed by atoms with van der Waals surface area (Å²) in [6.45, 7) is 11.4. The first-order valence-electron chi connectivity index (χ1n) is 3.52. The second-order valence-corrected chi connectivity index (χ2v) is 2.23. The number of carboxylic acid groups (broad SMARTS) is 1. The van der Waals surface area contributed by atoms with Gasteiger partial charge in [0.1, 0.15) is 5.70 Å². The van der Waals surface area contributed by atoms with Gasteiger partial charge in [0, 0.05) is 13.1 Å². The van der Waals surface area contributed by atoms with Crippen LogP contribution in [-0.2, 0) is 4.79 Å². The third-order valence-electron chi connectivity index (χ3n) is 1.33. The number of hydrogen-bond acceptors (Lipinski definition) is 2. The van der Waals surface area contributed by atoms with Crippen LogP contribution in [0.4, 0.5) is 0 Å². The Morgan fingerprint density at radius 1 is 1.33 bits per heavy atom. The van der Waals surface area contributed by atoms with Crippen LogP contribution in [0, 0.1) is 0 Å². The molecule has 0 bridgehead atoms. The van der Waals surface area contributed by atoms with Crippen LogP contribution in [0.5, 0.6) is 0 Å². The average molecular weight is 167 g/mol. The quantitative estimate of drug-likeness (QED) is 0.478. The monoisotopic (exact) mass is 167 g/mol. The Balaban J connectivity index is 4.26. The fraction of sp³-hybridized carbons (Fsp3) is 0.222. The number of carbonyl (C=O) groups is 1. The molecule has 0 aromatic heterocycles. The molecule has 3 nitrogen and oxygen atoms in total. The van der Waals surface area contributed by atoms with E-state index in [9.17, 15) is 4.79 Å². The van der Waals surface area contributed by atoms with E-state index in [2.05, 4.69) is 19.7 Å². The molecule has 0 aromatic carbocycles. The highest BCUT2D eigenvalue weighted by Gasteiger charge is 2.10. The lowest BCUT2D eigenvalue weighted by atomic mass is 10.3. The van der Waals surface area contributed by atoms with Gasteiger partial charge in [0.05, 0.1) is 0 Å². The van der Waals surface area contributed by atoms with Crippen LogP contribution in [0.2, 0.25) is 0 Å². The second-order valence-electron chi connectivity index (χ2n) is 2.23. The van der Waals surface area contributed by atoms with Crippen molar-refractivity contribution in [3.05, 3.63) is 37.6 Å².